The summed E-state index contributed by atoms with van der Waals surface area (Å²) in [7, 11) is 0. The van der Waals surface area contributed by atoms with E-state index in [-0.39, 0.29) is 5.78 Å². The number of Topliss-reactive ketones (excluding diaryl/α,β-unsaturated/α-hetero) is 1. The Morgan fingerprint density at radius 3 is 2.53 bits per heavy atom. The van der Waals surface area contributed by atoms with Gasteiger partial charge in [-0.1, -0.05) is 47.1 Å². The molecule has 0 atom stereocenters. The summed E-state index contributed by atoms with van der Waals surface area (Å²) in [6, 6.07) is 9.46. The molecule has 0 saturated carbocycles. The first-order valence-corrected chi connectivity index (χ1v) is 6.98. The monoisotopic (exact) mass is 314 g/mol. The zero-order valence-electron chi connectivity index (χ0n) is 9.91. The van der Waals surface area contributed by atoms with Gasteiger partial charge in [-0.05, 0) is 31.2 Å². The van der Waals surface area contributed by atoms with Gasteiger partial charge in [0.25, 0.3) is 0 Å². The number of hydrogen-bond acceptors (Lipinski definition) is 2. The second-order valence-corrected chi connectivity index (χ2v) is 5.75. The molecule has 1 nitrogen and oxygen atoms in total. The number of ketones is 1. The molecule has 0 aliphatic carbocycles. The van der Waals surface area contributed by atoms with Crippen LogP contribution in [0.15, 0.2) is 46.2 Å². The molecule has 2 rings (SSSR count). The highest BCUT2D eigenvalue weighted by molar-refractivity contribution is 7.99. The first-order valence-electron chi connectivity index (χ1n) is 5.41. The fourth-order valence-corrected chi connectivity index (χ4v) is 2.95. The number of carbonyl (C=O) groups is 1. The van der Waals surface area contributed by atoms with Gasteiger partial charge >= 0.3 is 0 Å². The first kappa shape index (κ1) is 14.4. The molecule has 0 heterocycles. The third kappa shape index (κ3) is 3.30. The second-order valence-electron chi connectivity index (χ2n) is 3.85. The summed E-state index contributed by atoms with van der Waals surface area (Å²) in [6.45, 7) is 1.41. The van der Waals surface area contributed by atoms with Crippen LogP contribution >= 0.6 is 35.0 Å². The SMILES string of the molecule is CC(=O)c1cccc(F)c1Sc1ccc(Cl)c(Cl)c1. The van der Waals surface area contributed by atoms with Crippen molar-refractivity contribution in [1.82, 2.24) is 0 Å². The number of halogens is 3. The van der Waals surface area contributed by atoms with Crippen molar-refractivity contribution in [1.29, 1.82) is 0 Å². The fourth-order valence-electron chi connectivity index (χ4n) is 1.55. The van der Waals surface area contributed by atoms with E-state index >= 15 is 0 Å². The number of benzene rings is 2. The van der Waals surface area contributed by atoms with E-state index in [1.54, 1.807) is 24.3 Å². The van der Waals surface area contributed by atoms with Crippen LogP contribution in [0.5, 0.6) is 0 Å². The molecule has 2 aromatic rings. The van der Waals surface area contributed by atoms with Crippen molar-refractivity contribution in [3.63, 3.8) is 0 Å². The van der Waals surface area contributed by atoms with Crippen LogP contribution in [0.25, 0.3) is 0 Å². The molecule has 5 heteroatoms. The average Bonchev–Trinajstić information content (AvgIpc) is 2.36. The summed E-state index contributed by atoms with van der Waals surface area (Å²) < 4.78 is 13.8. The molecule has 0 spiro atoms. The van der Waals surface area contributed by atoms with Crippen molar-refractivity contribution in [3.05, 3.63) is 57.8 Å². The summed E-state index contributed by atoms with van der Waals surface area (Å²) in [4.78, 5) is 12.5. The van der Waals surface area contributed by atoms with Crippen LogP contribution in [0.4, 0.5) is 4.39 Å². The zero-order valence-corrected chi connectivity index (χ0v) is 12.2. The Labute approximate surface area is 124 Å². The molecule has 0 saturated heterocycles. The first-order chi connectivity index (χ1) is 8.99. The Bertz CT molecular complexity index is 643. The molecule has 98 valence electrons. The third-order valence-corrected chi connectivity index (χ3v) is 4.30. The lowest BCUT2D eigenvalue weighted by atomic mass is 10.1. The maximum atomic E-state index is 13.8. The summed E-state index contributed by atoms with van der Waals surface area (Å²) >= 11 is 12.9. The standard InChI is InChI=1S/C14H9Cl2FOS/c1-8(18)10-3-2-4-13(17)14(10)19-9-5-6-11(15)12(16)7-9/h2-7H,1H3. The van der Waals surface area contributed by atoms with E-state index in [4.69, 9.17) is 23.2 Å². The minimum Gasteiger partial charge on any atom is -0.294 e. The van der Waals surface area contributed by atoms with Crippen molar-refractivity contribution in [2.45, 2.75) is 16.7 Å². The highest BCUT2D eigenvalue weighted by Crippen LogP contribution is 2.35. The van der Waals surface area contributed by atoms with Crippen molar-refractivity contribution >= 4 is 40.7 Å². The minimum atomic E-state index is -0.427. The minimum absolute atomic E-state index is 0.179. The molecular formula is C14H9Cl2FOS. The molecule has 0 aliphatic rings. The smallest absolute Gasteiger partial charge is 0.161 e. The highest BCUT2D eigenvalue weighted by Gasteiger charge is 2.13. The van der Waals surface area contributed by atoms with Crippen LogP contribution in [0.1, 0.15) is 17.3 Å². The summed E-state index contributed by atoms with van der Waals surface area (Å²) in [5, 5.41) is 0.832. The van der Waals surface area contributed by atoms with Crippen molar-refractivity contribution < 1.29 is 9.18 Å². The van der Waals surface area contributed by atoms with E-state index in [0.29, 0.717) is 20.5 Å². The van der Waals surface area contributed by atoms with Gasteiger partial charge in [0, 0.05) is 10.5 Å². The molecule has 0 radical (unpaired) electrons. The van der Waals surface area contributed by atoms with Gasteiger partial charge in [0.2, 0.25) is 0 Å². The molecule has 2 aromatic carbocycles. The lowest BCUT2D eigenvalue weighted by Gasteiger charge is -2.08. The molecular weight excluding hydrogens is 306 g/mol. The van der Waals surface area contributed by atoms with Crippen molar-refractivity contribution in [2.75, 3.05) is 0 Å². The van der Waals surface area contributed by atoms with E-state index in [2.05, 4.69) is 0 Å². The van der Waals surface area contributed by atoms with Crippen LogP contribution < -0.4 is 0 Å². The van der Waals surface area contributed by atoms with Crippen LogP contribution in [0.2, 0.25) is 10.0 Å². The van der Waals surface area contributed by atoms with Crippen molar-refractivity contribution in [3.8, 4) is 0 Å². The lowest BCUT2D eigenvalue weighted by Crippen LogP contribution is -1.97. The van der Waals surface area contributed by atoms with Crippen LogP contribution in [0.3, 0.4) is 0 Å². The van der Waals surface area contributed by atoms with Crippen LogP contribution in [0, 0.1) is 5.82 Å². The third-order valence-electron chi connectivity index (χ3n) is 2.46. The maximum absolute atomic E-state index is 13.8. The van der Waals surface area contributed by atoms with Gasteiger partial charge in [-0.2, -0.15) is 0 Å². The van der Waals surface area contributed by atoms with Gasteiger partial charge in [0.05, 0.1) is 14.9 Å². The van der Waals surface area contributed by atoms with Gasteiger partial charge in [-0.3, -0.25) is 4.79 Å². The maximum Gasteiger partial charge on any atom is 0.161 e. The van der Waals surface area contributed by atoms with E-state index in [9.17, 15) is 9.18 Å². The summed E-state index contributed by atoms with van der Waals surface area (Å²) in [5.74, 6) is -0.606. The van der Waals surface area contributed by atoms with Gasteiger partial charge in [-0.25, -0.2) is 4.39 Å². The molecule has 0 bridgehead atoms. The topological polar surface area (TPSA) is 17.1 Å². The quantitative estimate of drug-likeness (QED) is 0.697. The molecule has 0 unspecified atom stereocenters. The Hall–Kier alpha value is -1.03. The Morgan fingerprint density at radius 2 is 1.89 bits per heavy atom. The molecule has 0 N–H and O–H groups in total. The predicted octanol–water partition coefficient (Wildman–Crippen LogP) is 5.49. The molecule has 0 fully saturated rings. The fraction of sp³-hybridized carbons (Fsp3) is 0.0714. The summed E-state index contributed by atoms with van der Waals surface area (Å²) in [6.07, 6.45) is 0. The lowest BCUT2D eigenvalue weighted by molar-refractivity contribution is 0.101. The Morgan fingerprint density at radius 1 is 1.16 bits per heavy atom. The predicted molar refractivity (Wildman–Crippen MR) is 77.0 cm³/mol. The molecule has 19 heavy (non-hydrogen) atoms. The summed E-state index contributed by atoms with van der Waals surface area (Å²) in [5.41, 5.74) is 0.357. The van der Waals surface area contributed by atoms with E-state index in [0.717, 1.165) is 16.7 Å². The van der Waals surface area contributed by atoms with E-state index in [1.807, 2.05) is 0 Å². The van der Waals surface area contributed by atoms with Gasteiger partial charge < -0.3 is 0 Å². The number of rotatable bonds is 3. The van der Waals surface area contributed by atoms with Gasteiger partial charge in [-0.15, -0.1) is 0 Å². The molecule has 0 aliphatic heterocycles. The van der Waals surface area contributed by atoms with Crippen LogP contribution in [-0.2, 0) is 0 Å². The van der Waals surface area contributed by atoms with Gasteiger partial charge in [0.1, 0.15) is 5.82 Å². The van der Waals surface area contributed by atoms with Crippen molar-refractivity contribution in [2.24, 2.45) is 0 Å². The van der Waals surface area contributed by atoms with Gasteiger partial charge in [0.15, 0.2) is 5.78 Å². The largest absolute Gasteiger partial charge is 0.294 e. The number of carbonyl (C=O) groups excluding carboxylic acids is 1. The van der Waals surface area contributed by atoms with E-state index < -0.39 is 5.82 Å². The highest BCUT2D eigenvalue weighted by atomic mass is 35.5. The zero-order chi connectivity index (χ0) is 14.0. The second kappa shape index (κ2) is 5.95. The average molecular weight is 315 g/mol. The van der Waals surface area contributed by atoms with Crippen LogP contribution in [-0.4, -0.2) is 5.78 Å². The molecule has 0 amide bonds. The normalized spacial score (nSPS) is 10.5. The Kier molecular flexibility index (Phi) is 4.50. The number of hydrogen-bond donors (Lipinski definition) is 0. The Balaban J connectivity index is 2.42. The molecule has 0 aromatic heterocycles. The van der Waals surface area contributed by atoms with E-state index in [1.165, 1.54) is 19.1 Å².